The van der Waals surface area contributed by atoms with Gasteiger partial charge in [-0.15, -0.1) is 0 Å². The number of hydrogen-bond acceptors (Lipinski definition) is 4. The van der Waals surface area contributed by atoms with E-state index in [0.29, 0.717) is 11.1 Å². The standard InChI is InChI=1S/C20H21NO4/c1-24-20(23)16-11-9-15(10-12-16)19(22)21-18(17-8-5-13-25-17)14-6-3-2-4-7-14/h2-4,6-7,9-12,17-18H,5,8,13H2,1H3,(H,21,22)/t17-,18-/m0/s1. The SMILES string of the molecule is COC(=O)c1ccc(C(=O)N[C@@H](c2ccccc2)[C@@H]2CCCO2)cc1. The summed E-state index contributed by atoms with van der Waals surface area (Å²) < 4.78 is 10.5. The first-order chi connectivity index (χ1) is 12.2. The fourth-order valence-electron chi connectivity index (χ4n) is 3.02. The van der Waals surface area contributed by atoms with Gasteiger partial charge in [-0.25, -0.2) is 4.79 Å². The van der Waals surface area contributed by atoms with Crippen molar-refractivity contribution in [3.63, 3.8) is 0 Å². The van der Waals surface area contributed by atoms with Gasteiger partial charge in [-0.3, -0.25) is 4.79 Å². The van der Waals surface area contributed by atoms with E-state index in [2.05, 4.69) is 10.1 Å². The highest BCUT2D eigenvalue weighted by Crippen LogP contribution is 2.27. The van der Waals surface area contributed by atoms with Crippen molar-refractivity contribution in [1.29, 1.82) is 0 Å². The Morgan fingerprint density at radius 2 is 1.76 bits per heavy atom. The molecule has 0 radical (unpaired) electrons. The summed E-state index contributed by atoms with van der Waals surface area (Å²) in [6.07, 6.45) is 1.89. The van der Waals surface area contributed by atoms with Crippen LogP contribution in [0.1, 0.15) is 45.2 Å². The first-order valence-electron chi connectivity index (χ1n) is 8.35. The van der Waals surface area contributed by atoms with Crippen molar-refractivity contribution in [2.45, 2.75) is 25.0 Å². The van der Waals surface area contributed by atoms with Crippen LogP contribution in [-0.4, -0.2) is 31.7 Å². The molecule has 1 aliphatic rings. The van der Waals surface area contributed by atoms with E-state index in [9.17, 15) is 9.59 Å². The highest BCUT2D eigenvalue weighted by Gasteiger charge is 2.28. The molecular formula is C20H21NO4. The second-order valence-electron chi connectivity index (χ2n) is 5.98. The summed E-state index contributed by atoms with van der Waals surface area (Å²) in [6, 6.07) is 16.1. The topological polar surface area (TPSA) is 64.6 Å². The molecule has 5 nitrogen and oxygen atoms in total. The molecule has 0 aromatic heterocycles. The number of benzene rings is 2. The van der Waals surface area contributed by atoms with Crippen molar-refractivity contribution in [3.05, 3.63) is 71.3 Å². The van der Waals surface area contributed by atoms with E-state index in [1.807, 2.05) is 30.3 Å². The van der Waals surface area contributed by atoms with Gasteiger partial charge in [0.05, 0.1) is 24.8 Å². The van der Waals surface area contributed by atoms with E-state index < -0.39 is 5.97 Å². The molecule has 5 heteroatoms. The van der Waals surface area contributed by atoms with Crippen molar-refractivity contribution >= 4 is 11.9 Å². The third kappa shape index (κ3) is 4.06. The maximum absolute atomic E-state index is 12.7. The summed E-state index contributed by atoms with van der Waals surface area (Å²) in [6.45, 7) is 0.720. The van der Waals surface area contributed by atoms with Crippen molar-refractivity contribution in [2.24, 2.45) is 0 Å². The highest BCUT2D eigenvalue weighted by molar-refractivity contribution is 5.96. The lowest BCUT2D eigenvalue weighted by Gasteiger charge is -2.24. The third-order valence-corrected chi connectivity index (χ3v) is 4.35. The van der Waals surface area contributed by atoms with Crippen LogP contribution < -0.4 is 5.32 Å². The van der Waals surface area contributed by atoms with Gasteiger partial charge in [0.2, 0.25) is 0 Å². The molecule has 1 heterocycles. The van der Waals surface area contributed by atoms with Gasteiger partial charge in [0.1, 0.15) is 0 Å². The number of amides is 1. The van der Waals surface area contributed by atoms with Crippen molar-refractivity contribution in [2.75, 3.05) is 13.7 Å². The quantitative estimate of drug-likeness (QED) is 0.850. The third-order valence-electron chi connectivity index (χ3n) is 4.35. The normalized spacial score (nSPS) is 17.7. The Bertz CT molecular complexity index is 721. The average molecular weight is 339 g/mol. The Morgan fingerprint density at radius 1 is 1.08 bits per heavy atom. The molecule has 1 saturated heterocycles. The molecule has 1 N–H and O–H groups in total. The molecule has 0 unspecified atom stereocenters. The van der Waals surface area contributed by atoms with Crippen LogP contribution in [0.3, 0.4) is 0 Å². The molecule has 1 fully saturated rings. The molecule has 2 aromatic carbocycles. The summed E-state index contributed by atoms with van der Waals surface area (Å²) in [5, 5.41) is 3.07. The number of methoxy groups -OCH3 is 1. The van der Waals surface area contributed by atoms with Crippen LogP contribution in [0.15, 0.2) is 54.6 Å². The van der Waals surface area contributed by atoms with E-state index in [0.717, 1.165) is 25.0 Å². The number of rotatable bonds is 5. The molecule has 2 aromatic rings. The summed E-state index contributed by atoms with van der Waals surface area (Å²) in [5.41, 5.74) is 1.93. The van der Waals surface area contributed by atoms with Gasteiger partial charge >= 0.3 is 5.97 Å². The summed E-state index contributed by atoms with van der Waals surface area (Å²) in [7, 11) is 1.33. The number of hydrogen-bond donors (Lipinski definition) is 1. The molecule has 0 bridgehead atoms. The molecule has 3 rings (SSSR count). The lowest BCUT2D eigenvalue weighted by molar-refractivity contribution is 0.0600. The predicted molar refractivity (Wildman–Crippen MR) is 93.4 cm³/mol. The largest absolute Gasteiger partial charge is 0.465 e. The second-order valence-corrected chi connectivity index (χ2v) is 5.98. The van der Waals surface area contributed by atoms with Crippen molar-refractivity contribution < 1.29 is 19.1 Å². The van der Waals surface area contributed by atoms with Gasteiger partial charge in [-0.1, -0.05) is 30.3 Å². The lowest BCUT2D eigenvalue weighted by Crippen LogP contribution is -2.36. The van der Waals surface area contributed by atoms with Gasteiger partial charge in [-0.05, 0) is 42.7 Å². The summed E-state index contributed by atoms with van der Waals surface area (Å²) in [4.78, 5) is 24.1. The van der Waals surface area contributed by atoms with Gasteiger partial charge in [-0.2, -0.15) is 0 Å². The Labute approximate surface area is 147 Å². The Morgan fingerprint density at radius 3 is 2.36 bits per heavy atom. The van der Waals surface area contributed by atoms with E-state index in [-0.39, 0.29) is 18.1 Å². The maximum Gasteiger partial charge on any atom is 0.337 e. The van der Waals surface area contributed by atoms with Crippen LogP contribution in [0.5, 0.6) is 0 Å². The van der Waals surface area contributed by atoms with E-state index in [1.165, 1.54) is 7.11 Å². The molecule has 1 aliphatic heterocycles. The number of nitrogens with one attached hydrogen (secondary N) is 1. The highest BCUT2D eigenvalue weighted by atomic mass is 16.5. The van der Waals surface area contributed by atoms with E-state index >= 15 is 0 Å². The molecule has 0 aliphatic carbocycles. The smallest absolute Gasteiger partial charge is 0.337 e. The zero-order valence-electron chi connectivity index (χ0n) is 14.1. The van der Waals surface area contributed by atoms with Gasteiger partial charge < -0.3 is 14.8 Å². The zero-order valence-corrected chi connectivity index (χ0v) is 14.1. The molecule has 1 amide bonds. The lowest BCUT2D eigenvalue weighted by atomic mass is 9.98. The van der Waals surface area contributed by atoms with Gasteiger partial charge in [0, 0.05) is 12.2 Å². The second kappa shape index (κ2) is 7.94. The number of carbonyl (C=O) groups is 2. The summed E-state index contributed by atoms with van der Waals surface area (Å²) in [5.74, 6) is -0.616. The molecular weight excluding hydrogens is 318 g/mol. The maximum atomic E-state index is 12.7. The minimum Gasteiger partial charge on any atom is -0.465 e. The predicted octanol–water partition coefficient (Wildman–Crippen LogP) is 3.12. The fraction of sp³-hybridized carbons (Fsp3) is 0.300. The Hall–Kier alpha value is -2.66. The van der Waals surface area contributed by atoms with Crippen molar-refractivity contribution in [3.8, 4) is 0 Å². The van der Waals surface area contributed by atoms with Crippen LogP contribution in [0.25, 0.3) is 0 Å². The number of ether oxygens (including phenoxy) is 2. The fourth-order valence-corrected chi connectivity index (χ4v) is 3.02. The van der Waals surface area contributed by atoms with Crippen LogP contribution in [0, 0.1) is 0 Å². The zero-order chi connectivity index (χ0) is 17.6. The molecule has 25 heavy (non-hydrogen) atoms. The van der Waals surface area contributed by atoms with Crippen LogP contribution in [0.2, 0.25) is 0 Å². The van der Waals surface area contributed by atoms with Crippen molar-refractivity contribution in [1.82, 2.24) is 5.32 Å². The Balaban J connectivity index is 1.77. The number of esters is 1. The molecule has 130 valence electrons. The van der Waals surface area contributed by atoms with Crippen LogP contribution >= 0.6 is 0 Å². The van der Waals surface area contributed by atoms with Crippen LogP contribution in [-0.2, 0) is 9.47 Å². The first kappa shape index (κ1) is 17.2. The minimum absolute atomic E-state index is 0.0271. The van der Waals surface area contributed by atoms with E-state index in [4.69, 9.17) is 4.74 Å². The van der Waals surface area contributed by atoms with Crippen LogP contribution in [0.4, 0.5) is 0 Å². The van der Waals surface area contributed by atoms with Gasteiger partial charge in [0.25, 0.3) is 5.91 Å². The first-order valence-corrected chi connectivity index (χ1v) is 8.35. The minimum atomic E-state index is -0.423. The monoisotopic (exact) mass is 339 g/mol. The molecule has 2 atom stereocenters. The molecule has 0 spiro atoms. The van der Waals surface area contributed by atoms with E-state index in [1.54, 1.807) is 24.3 Å². The average Bonchev–Trinajstić information content (AvgIpc) is 3.20. The summed E-state index contributed by atoms with van der Waals surface area (Å²) >= 11 is 0. The molecule has 0 saturated carbocycles. The Kier molecular flexibility index (Phi) is 5.46. The number of carbonyl (C=O) groups excluding carboxylic acids is 2. The van der Waals surface area contributed by atoms with Gasteiger partial charge in [0.15, 0.2) is 0 Å².